The molecule has 2 aliphatic heterocycles. The van der Waals surface area contributed by atoms with Gasteiger partial charge in [-0.25, -0.2) is 0 Å². The molecule has 3 aliphatic rings. The molecule has 1 saturated carbocycles. The van der Waals surface area contributed by atoms with Crippen molar-refractivity contribution in [1.29, 1.82) is 0 Å². The number of carbonyl (C=O) groups is 4. The molecule has 10 heteroatoms. The van der Waals surface area contributed by atoms with Gasteiger partial charge in [-0.1, -0.05) is 44.7 Å². The molecule has 0 spiro atoms. The van der Waals surface area contributed by atoms with Gasteiger partial charge in [0.1, 0.15) is 17.4 Å². The van der Waals surface area contributed by atoms with E-state index >= 15 is 0 Å². The molecule has 0 radical (unpaired) electrons. The van der Waals surface area contributed by atoms with Crippen LogP contribution in [0.4, 0.5) is 0 Å². The van der Waals surface area contributed by atoms with E-state index in [1.807, 2.05) is 12.1 Å². The summed E-state index contributed by atoms with van der Waals surface area (Å²) >= 11 is 0. The van der Waals surface area contributed by atoms with Crippen molar-refractivity contribution in [1.82, 2.24) is 10.6 Å². The Labute approximate surface area is 229 Å². The number of hydrogen-bond acceptors (Lipinski definition) is 7. The molecule has 3 fully saturated rings. The van der Waals surface area contributed by atoms with E-state index in [0.717, 1.165) is 31.2 Å². The molecule has 2 unspecified atom stereocenters. The summed E-state index contributed by atoms with van der Waals surface area (Å²) in [6, 6.07) is 5.59. The second-order valence-corrected chi connectivity index (χ2v) is 11.4. The number of benzene rings is 1. The zero-order valence-corrected chi connectivity index (χ0v) is 23.1. The number of nitrogens with one attached hydrogen (secondary N) is 2. The molecule has 214 valence electrons. The highest BCUT2D eigenvalue weighted by Crippen LogP contribution is 2.33. The van der Waals surface area contributed by atoms with E-state index in [9.17, 15) is 19.2 Å². The third-order valence-corrected chi connectivity index (χ3v) is 8.41. The highest BCUT2D eigenvalue weighted by molar-refractivity contribution is 5.98. The van der Waals surface area contributed by atoms with E-state index in [0.29, 0.717) is 37.7 Å². The molecule has 39 heavy (non-hydrogen) atoms. The van der Waals surface area contributed by atoms with Crippen molar-refractivity contribution >= 4 is 23.5 Å². The quantitative estimate of drug-likeness (QED) is 0.320. The average molecular weight is 544 g/mol. The lowest BCUT2D eigenvalue weighted by Gasteiger charge is -2.28. The monoisotopic (exact) mass is 543 g/mol. The number of Topliss-reactive ketones (excluding diaryl/α,β-unsaturated/α-hetero) is 1. The van der Waals surface area contributed by atoms with Gasteiger partial charge in [-0.15, -0.1) is 0 Å². The third-order valence-electron chi connectivity index (χ3n) is 8.41. The van der Waals surface area contributed by atoms with Crippen molar-refractivity contribution in [2.75, 3.05) is 20.3 Å². The summed E-state index contributed by atoms with van der Waals surface area (Å²) in [7, 11) is 1.57. The average Bonchev–Trinajstić information content (AvgIpc) is 3.28. The summed E-state index contributed by atoms with van der Waals surface area (Å²) in [5, 5.41) is 5.83. The van der Waals surface area contributed by atoms with Crippen LogP contribution in [0.1, 0.15) is 57.9 Å². The van der Waals surface area contributed by atoms with Crippen molar-refractivity contribution in [2.45, 2.75) is 82.6 Å². The Morgan fingerprint density at radius 3 is 2.28 bits per heavy atom. The van der Waals surface area contributed by atoms with E-state index in [4.69, 9.17) is 19.9 Å². The topological polar surface area (TPSA) is 149 Å². The molecule has 2 heterocycles. The van der Waals surface area contributed by atoms with E-state index in [2.05, 4.69) is 10.6 Å². The summed E-state index contributed by atoms with van der Waals surface area (Å²) in [6.45, 7) is 4.10. The van der Waals surface area contributed by atoms with Crippen molar-refractivity contribution < 1.29 is 33.4 Å². The molecule has 4 rings (SSSR count). The molecule has 6 atom stereocenters. The number of amides is 3. The zero-order valence-electron chi connectivity index (χ0n) is 23.1. The molecule has 2 saturated heterocycles. The predicted molar refractivity (Wildman–Crippen MR) is 143 cm³/mol. The van der Waals surface area contributed by atoms with E-state index < -0.39 is 53.3 Å². The summed E-state index contributed by atoms with van der Waals surface area (Å²) in [4.78, 5) is 52.2. The predicted octanol–water partition coefficient (Wildman–Crippen LogP) is 1.67. The van der Waals surface area contributed by atoms with Gasteiger partial charge in [0.05, 0.1) is 37.7 Å². The lowest BCUT2D eigenvalue weighted by atomic mass is 9.90. The van der Waals surface area contributed by atoms with Crippen molar-refractivity contribution in [3.8, 4) is 5.75 Å². The van der Waals surface area contributed by atoms with Crippen LogP contribution in [0.15, 0.2) is 24.3 Å². The SMILES string of the molecule is COc1ccc(C[C@H](NC(=O)[C@H](C)C2OCCC2C(N)=O)C(=O)N[C@@H](CC2CCCC2)C(=O)[C@@]2(C)CO2)cc1. The number of ether oxygens (including phenoxy) is 3. The van der Waals surface area contributed by atoms with Gasteiger partial charge in [0.25, 0.3) is 0 Å². The number of hydrogen-bond donors (Lipinski definition) is 3. The van der Waals surface area contributed by atoms with Crippen LogP contribution in [0.5, 0.6) is 5.75 Å². The molecule has 0 aromatic heterocycles. The first-order valence-electron chi connectivity index (χ1n) is 13.9. The van der Waals surface area contributed by atoms with Gasteiger partial charge in [0.2, 0.25) is 17.7 Å². The van der Waals surface area contributed by atoms with Crippen LogP contribution in [0.3, 0.4) is 0 Å². The molecule has 4 N–H and O–H groups in total. The largest absolute Gasteiger partial charge is 0.497 e. The van der Waals surface area contributed by atoms with Gasteiger partial charge in [-0.2, -0.15) is 0 Å². The Hall–Kier alpha value is -2.98. The van der Waals surface area contributed by atoms with Gasteiger partial charge < -0.3 is 30.6 Å². The minimum Gasteiger partial charge on any atom is -0.497 e. The molecule has 1 aromatic rings. The molecule has 3 amide bonds. The van der Waals surface area contributed by atoms with Crippen LogP contribution < -0.4 is 21.1 Å². The van der Waals surface area contributed by atoms with Crippen LogP contribution >= 0.6 is 0 Å². The molecular weight excluding hydrogens is 502 g/mol. The number of carbonyl (C=O) groups excluding carboxylic acids is 4. The third kappa shape index (κ3) is 7.16. The smallest absolute Gasteiger partial charge is 0.243 e. The first kappa shape index (κ1) is 29.0. The molecular formula is C29H41N3O7. The maximum Gasteiger partial charge on any atom is 0.243 e. The minimum atomic E-state index is -0.950. The first-order chi connectivity index (χ1) is 18.6. The number of methoxy groups -OCH3 is 1. The Morgan fingerprint density at radius 2 is 1.69 bits per heavy atom. The maximum absolute atomic E-state index is 13.7. The summed E-state index contributed by atoms with van der Waals surface area (Å²) in [5.74, 6) is -1.72. The van der Waals surface area contributed by atoms with Crippen LogP contribution in [-0.4, -0.2) is 67.6 Å². The van der Waals surface area contributed by atoms with Crippen LogP contribution in [0, 0.1) is 17.8 Å². The lowest BCUT2D eigenvalue weighted by Crippen LogP contribution is -2.56. The molecule has 1 aromatic carbocycles. The number of rotatable bonds is 13. The number of epoxide rings is 1. The van der Waals surface area contributed by atoms with Crippen LogP contribution in [0.2, 0.25) is 0 Å². The molecule has 10 nitrogen and oxygen atoms in total. The maximum atomic E-state index is 13.7. The number of primary amides is 1. The van der Waals surface area contributed by atoms with Crippen molar-refractivity contribution in [3.05, 3.63) is 29.8 Å². The van der Waals surface area contributed by atoms with Gasteiger partial charge in [-0.05, 0) is 43.4 Å². The van der Waals surface area contributed by atoms with Gasteiger partial charge in [0, 0.05) is 13.0 Å². The van der Waals surface area contributed by atoms with Crippen LogP contribution in [-0.2, 0) is 35.1 Å². The summed E-state index contributed by atoms with van der Waals surface area (Å²) in [5.41, 5.74) is 5.47. The van der Waals surface area contributed by atoms with E-state index in [1.165, 1.54) is 0 Å². The van der Waals surface area contributed by atoms with Crippen LogP contribution in [0.25, 0.3) is 0 Å². The van der Waals surface area contributed by atoms with Gasteiger partial charge >= 0.3 is 0 Å². The zero-order chi connectivity index (χ0) is 28.2. The lowest BCUT2D eigenvalue weighted by molar-refractivity contribution is -0.136. The summed E-state index contributed by atoms with van der Waals surface area (Å²) < 4.78 is 16.3. The highest BCUT2D eigenvalue weighted by atomic mass is 16.6. The standard InChI is InChI=1S/C29H41N3O7/c1-17(24-21(26(30)34)12-13-38-24)27(35)32-23(15-19-8-10-20(37-3)11-9-19)28(36)31-22(14-18-6-4-5-7-18)25(33)29(2)16-39-29/h8-11,17-18,21-24H,4-7,12-16H2,1-3H3,(H2,30,34)(H,31,36)(H,32,35)/t17-,21?,22+,23+,24?,29-/m1/s1. The van der Waals surface area contributed by atoms with Crippen molar-refractivity contribution in [2.24, 2.45) is 23.5 Å². The van der Waals surface area contributed by atoms with E-state index in [-0.39, 0.29) is 12.2 Å². The second-order valence-electron chi connectivity index (χ2n) is 11.4. The number of nitrogens with two attached hydrogens (primary N) is 1. The Bertz CT molecular complexity index is 1050. The first-order valence-corrected chi connectivity index (χ1v) is 13.9. The van der Waals surface area contributed by atoms with E-state index in [1.54, 1.807) is 33.1 Å². The number of ketones is 1. The van der Waals surface area contributed by atoms with Crippen molar-refractivity contribution in [3.63, 3.8) is 0 Å². The normalized spacial score (nSPS) is 26.8. The molecule has 0 bridgehead atoms. The Morgan fingerprint density at radius 1 is 1.05 bits per heavy atom. The molecule has 1 aliphatic carbocycles. The minimum absolute atomic E-state index is 0.130. The second kappa shape index (κ2) is 12.5. The fraction of sp³-hybridized carbons (Fsp3) is 0.655. The fourth-order valence-electron chi connectivity index (χ4n) is 5.77. The highest BCUT2D eigenvalue weighted by Gasteiger charge is 2.50. The Balaban J connectivity index is 1.51. The summed E-state index contributed by atoms with van der Waals surface area (Å²) in [6.07, 6.45) is 4.87. The fourth-order valence-corrected chi connectivity index (χ4v) is 5.77. The van der Waals surface area contributed by atoms with Gasteiger partial charge in [-0.3, -0.25) is 19.2 Å². The van der Waals surface area contributed by atoms with Gasteiger partial charge in [0.15, 0.2) is 5.78 Å². The Kier molecular flexibility index (Phi) is 9.27.